The Balaban J connectivity index is 1.57. The third kappa shape index (κ3) is 4.61. The van der Waals surface area contributed by atoms with Crippen molar-refractivity contribution in [1.29, 1.82) is 0 Å². The van der Waals surface area contributed by atoms with Gasteiger partial charge in [0.25, 0.3) is 5.91 Å². The molecule has 1 aromatic heterocycles. The van der Waals surface area contributed by atoms with Gasteiger partial charge in [-0.25, -0.2) is 4.68 Å². The van der Waals surface area contributed by atoms with Gasteiger partial charge in [-0.1, -0.05) is 24.6 Å². The molecule has 0 saturated carbocycles. The minimum Gasteiger partial charge on any atom is -0.350 e. The number of carbonyl (C=O) groups is 1. The highest BCUT2D eigenvalue weighted by molar-refractivity contribution is 6.30. The lowest BCUT2D eigenvalue weighted by Crippen LogP contribution is -2.46. The van der Waals surface area contributed by atoms with Crippen LogP contribution in [0.2, 0.25) is 5.02 Å². The van der Waals surface area contributed by atoms with Gasteiger partial charge in [0.05, 0.1) is 17.4 Å². The molecular weight excluding hydrogens is 336 g/mol. The van der Waals surface area contributed by atoms with Crippen molar-refractivity contribution < 1.29 is 4.79 Å². The molecule has 5 nitrogen and oxygen atoms in total. The van der Waals surface area contributed by atoms with Crippen molar-refractivity contribution >= 4 is 17.5 Å². The van der Waals surface area contributed by atoms with Gasteiger partial charge >= 0.3 is 0 Å². The lowest BCUT2D eigenvalue weighted by molar-refractivity contribution is 0.0917. The zero-order valence-electron chi connectivity index (χ0n) is 14.8. The number of amides is 1. The molecule has 3 rings (SSSR count). The average Bonchev–Trinajstić information content (AvgIpc) is 3.09. The number of nitrogens with one attached hydrogen (secondary N) is 1. The maximum atomic E-state index is 12.4. The molecular formula is C19H25ClN4O. The number of nitrogens with zero attached hydrogens (tertiary/aromatic N) is 3. The van der Waals surface area contributed by atoms with E-state index in [1.54, 1.807) is 17.1 Å². The topological polar surface area (TPSA) is 50.2 Å². The van der Waals surface area contributed by atoms with Gasteiger partial charge in [0.2, 0.25) is 0 Å². The molecule has 0 bridgehead atoms. The lowest BCUT2D eigenvalue weighted by atomic mass is 9.99. The minimum atomic E-state index is -0.0924. The van der Waals surface area contributed by atoms with Crippen LogP contribution in [0.1, 0.15) is 37.0 Å². The summed E-state index contributed by atoms with van der Waals surface area (Å²) in [5, 5.41) is 7.93. The smallest absolute Gasteiger partial charge is 0.254 e. The first kappa shape index (κ1) is 18.0. The second-order valence-corrected chi connectivity index (χ2v) is 7.39. The number of rotatable bonds is 5. The fraction of sp³-hybridized carbons (Fsp3) is 0.474. The Kier molecular flexibility index (Phi) is 5.76. The Morgan fingerprint density at radius 2 is 2.32 bits per heavy atom. The zero-order valence-corrected chi connectivity index (χ0v) is 15.5. The van der Waals surface area contributed by atoms with E-state index in [0.717, 1.165) is 24.7 Å². The molecule has 1 saturated heterocycles. The van der Waals surface area contributed by atoms with Crippen molar-refractivity contribution in [2.75, 3.05) is 19.6 Å². The maximum absolute atomic E-state index is 12.4. The Labute approximate surface area is 154 Å². The van der Waals surface area contributed by atoms with Crippen molar-refractivity contribution in [3.63, 3.8) is 0 Å². The number of piperidine rings is 1. The van der Waals surface area contributed by atoms with E-state index in [0.29, 0.717) is 23.2 Å². The van der Waals surface area contributed by atoms with Crippen LogP contribution in [0.4, 0.5) is 0 Å². The highest BCUT2D eigenvalue weighted by atomic mass is 35.5. The number of aromatic nitrogens is 2. The van der Waals surface area contributed by atoms with Gasteiger partial charge < -0.3 is 5.32 Å². The van der Waals surface area contributed by atoms with E-state index in [1.807, 2.05) is 24.3 Å². The van der Waals surface area contributed by atoms with Gasteiger partial charge in [-0.2, -0.15) is 5.10 Å². The van der Waals surface area contributed by atoms with Crippen LogP contribution in [-0.2, 0) is 0 Å². The fourth-order valence-corrected chi connectivity index (χ4v) is 3.48. The van der Waals surface area contributed by atoms with Gasteiger partial charge in [0.1, 0.15) is 0 Å². The second kappa shape index (κ2) is 8.02. The van der Waals surface area contributed by atoms with Gasteiger partial charge in [-0.3, -0.25) is 9.69 Å². The molecule has 1 N–H and O–H groups in total. The molecule has 2 atom stereocenters. The third-order valence-electron chi connectivity index (χ3n) is 4.79. The molecule has 2 aromatic rings. The zero-order chi connectivity index (χ0) is 17.8. The molecule has 1 aromatic carbocycles. The molecule has 0 radical (unpaired) electrons. The molecule has 1 fully saturated rings. The SMILES string of the molecule is CC1CCCN(C(C)CNC(=O)c2cnn(-c3cccc(Cl)c3)c2)C1. The summed E-state index contributed by atoms with van der Waals surface area (Å²) in [6.07, 6.45) is 5.86. The third-order valence-corrected chi connectivity index (χ3v) is 5.02. The highest BCUT2D eigenvalue weighted by Crippen LogP contribution is 2.17. The summed E-state index contributed by atoms with van der Waals surface area (Å²) in [6, 6.07) is 7.73. The predicted octanol–water partition coefficient (Wildman–Crippen LogP) is 3.38. The fourth-order valence-electron chi connectivity index (χ4n) is 3.30. The maximum Gasteiger partial charge on any atom is 0.254 e. The number of carbonyl (C=O) groups excluding carboxylic acids is 1. The van der Waals surface area contributed by atoms with Gasteiger partial charge in [-0.05, 0) is 50.4 Å². The summed E-state index contributed by atoms with van der Waals surface area (Å²) in [5.41, 5.74) is 1.39. The molecule has 0 spiro atoms. The van der Waals surface area contributed by atoms with Gasteiger partial charge in [0.15, 0.2) is 0 Å². The van der Waals surface area contributed by atoms with Crippen LogP contribution in [0.5, 0.6) is 0 Å². The number of halogens is 1. The summed E-state index contributed by atoms with van der Waals surface area (Å²) in [7, 11) is 0. The molecule has 1 aliphatic rings. The number of benzene rings is 1. The van der Waals surface area contributed by atoms with Crippen LogP contribution < -0.4 is 5.32 Å². The summed E-state index contributed by atoms with van der Waals surface area (Å²) in [4.78, 5) is 14.9. The standard InChI is InChI=1S/C19H25ClN4O/c1-14-5-4-8-23(12-14)15(2)10-21-19(25)16-11-22-24(13-16)18-7-3-6-17(20)9-18/h3,6-7,9,11,13-15H,4-5,8,10,12H2,1-2H3,(H,21,25). The minimum absolute atomic E-state index is 0.0924. The van der Waals surface area contributed by atoms with Gasteiger partial charge in [0, 0.05) is 30.4 Å². The number of likely N-dealkylation sites (tertiary alicyclic amines) is 1. The quantitative estimate of drug-likeness (QED) is 0.889. The molecule has 25 heavy (non-hydrogen) atoms. The van der Waals surface area contributed by atoms with Crippen LogP contribution in [0, 0.1) is 5.92 Å². The lowest BCUT2D eigenvalue weighted by Gasteiger charge is -2.35. The Morgan fingerprint density at radius 1 is 1.48 bits per heavy atom. The van der Waals surface area contributed by atoms with Crippen LogP contribution >= 0.6 is 11.6 Å². The number of hydrogen-bond acceptors (Lipinski definition) is 3. The summed E-state index contributed by atoms with van der Waals surface area (Å²) in [5.74, 6) is 0.646. The summed E-state index contributed by atoms with van der Waals surface area (Å²) in [6.45, 7) is 7.35. The summed E-state index contributed by atoms with van der Waals surface area (Å²) < 4.78 is 1.66. The van der Waals surface area contributed by atoms with E-state index in [4.69, 9.17) is 11.6 Å². The van der Waals surface area contributed by atoms with E-state index in [2.05, 4.69) is 29.2 Å². The van der Waals surface area contributed by atoms with Crippen LogP contribution in [0.3, 0.4) is 0 Å². The van der Waals surface area contributed by atoms with E-state index in [9.17, 15) is 4.79 Å². The molecule has 2 unspecified atom stereocenters. The molecule has 6 heteroatoms. The molecule has 2 heterocycles. The van der Waals surface area contributed by atoms with Crippen molar-refractivity contribution in [3.8, 4) is 5.69 Å². The Hall–Kier alpha value is -1.85. The van der Waals surface area contributed by atoms with Crippen molar-refractivity contribution in [1.82, 2.24) is 20.0 Å². The van der Waals surface area contributed by atoms with Gasteiger partial charge in [-0.15, -0.1) is 0 Å². The molecule has 134 valence electrons. The van der Waals surface area contributed by atoms with Crippen LogP contribution in [0.25, 0.3) is 5.69 Å². The predicted molar refractivity (Wildman–Crippen MR) is 100 cm³/mol. The van der Waals surface area contributed by atoms with E-state index >= 15 is 0 Å². The molecule has 1 aliphatic heterocycles. The Bertz CT molecular complexity index is 730. The highest BCUT2D eigenvalue weighted by Gasteiger charge is 2.21. The van der Waals surface area contributed by atoms with Crippen molar-refractivity contribution in [2.45, 2.75) is 32.7 Å². The second-order valence-electron chi connectivity index (χ2n) is 6.95. The number of hydrogen-bond donors (Lipinski definition) is 1. The van der Waals surface area contributed by atoms with Crippen molar-refractivity contribution in [2.24, 2.45) is 5.92 Å². The monoisotopic (exact) mass is 360 g/mol. The molecule has 1 amide bonds. The normalized spacial score (nSPS) is 19.6. The van der Waals surface area contributed by atoms with E-state index < -0.39 is 0 Å². The largest absolute Gasteiger partial charge is 0.350 e. The van der Waals surface area contributed by atoms with Crippen molar-refractivity contribution in [3.05, 3.63) is 47.2 Å². The Morgan fingerprint density at radius 3 is 3.08 bits per heavy atom. The first-order valence-corrected chi connectivity index (χ1v) is 9.23. The molecule has 0 aliphatic carbocycles. The van der Waals surface area contributed by atoms with E-state index in [1.165, 1.54) is 12.8 Å². The van der Waals surface area contributed by atoms with Crippen LogP contribution in [-0.4, -0.2) is 46.3 Å². The summed E-state index contributed by atoms with van der Waals surface area (Å²) >= 11 is 6.01. The first-order chi connectivity index (χ1) is 12.0. The van der Waals surface area contributed by atoms with Crippen LogP contribution in [0.15, 0.2) is 36.7 Å². The average molecular weight is 361 g/mol. The van der Waals surface area contributed by atoms with E-state index in [-0.39, 0.29) is 5.91 Å². The first-order valence-electron chi connectivity index (χ1n) is 8.86.